The largest absolute Gasteiger partial charge is 0.477 e. The topological polar surface area (TPSA) is 48.4 Å². The molecule has 1 rings (SSSR count). The summed E-state index contributed by atoms with van der Waals surface area (Å²) in [5.74, 6) is -0.513. The number of aromatic nitrogens is 1. The highest BCUT2D eigenvalue weighted by molar-refractivity contribution is 5.74. The fourth-order valence-corrected chi connectivity index (χ4v) is 1.13. The van der Waals surface area contributed by atoms with Gasteiger partial charge in [-0.25, -0.2) is 9.78 Å². The van der Waals surface area contributed by atoms with Crippen LogP contribution in [0.2, 0.25) is 0 Å². The first-order valence-corrected chi connectivity index (χ1v) is 5.21. The lowest BCUT2D eigenvalue weighted by molar-refractivity contribution is -0.150. The highest BCUT2D eigenvalue weighted by Gasteiger charge is 2.32. The van der Waals surface area contributed by atoms with Crippen LogP contribution in [0, 0.1) is 0 Å². The molecule has 0 aliphatic rings. The van der Waals surface area contributed by atoms with E-state index in [1.165, 1.54) is 6.92 Å². The van der Waals surface area contributed by atoms with Crippen LogP contribution in [0.15, 0.2) is 18.3 Å². The van der Waals surface area contributed by atoms with E-state index in [1.54, 1.807) is 6.92 Å². The molecule has 0 amide bonds. The first-order valence-electron chi connectivity index (χ1n) is 5.21. The Labute approximate surface area is 102 Å². The van der Waals surface area contributed by atoms with E-state index < -0.39 is 23.9 Å². The molecule has 0 aromatic carbocycles. The first-order chi connectivity index (χ1) is 8.34. The SMILES string of the molecule is CCOC(=O)C(C)Oc1ccc(C(F)(F)F)nc1. The lowest BCUT2D eigenvalue weighted by Gasteiger charge is -2.13. The maximum absolute atomic E-state index is 12.2. The molecule has 100 valence electrons. The average Bonchev–Trinajstić information content (AvgIpc) is 2.28. The van der Waals surface area contributed by atoms with E-state index in [4.69, 9.17) is 4.74 Å². The van der Waals surface area contributed by atoms with Gasteiger partial charge in [-0.1, -0.05) is 0 Å². The van der Waals surface area contributed by atoms with E-state index in [0.29, 0.717) is 0 Å². The van der Waals surface area contributed by atoms with Gasteiger partial charge in [0, 0.05) is 0 Å². The van der Waals surface area contributed by atoms with E-state index in [2.05, 4.69) is 9.72 Å². The van der Waals surface area contributed by atoms with Crippen molar-refractivity contribution in [1.82, 2.24) is 4.98 Å². The lowest BCUT2D eigenvalue weighted by Crippen LogP contribution is -2.26. The van der Waals surface area contributed by atoms with Gasteiger partial charge in [0.15, 0.2) is 6.10 Å². The molecule has 1 aromatic heterocycles. The van der Waals surface area contributed by atoms with Gasteiger partial charge in [-0.3, -0.25) is 0 Å². The molecule has 0 bridgehead atoms. The Bertz CT molecular complexity index is 403. The molecule has 1 aromatic rings. The van der Waals surface area contributed by atoms with Crippen LogP contribution in [0.25, 0.3) is 0 Å². The van der Waals surface area contributed by atoms with Crippen molar-refractivity contribution in [3.63, 3.8) is 0 Å². The lowest BCUT2D eigenvalue weighted by atomic mass is 10.3. The number of hydrogen-bond donors (Lipinski definition) is 0. The Balaban J connectivity index is 2.67. The van der Waals surface area contributed by atoms with Crippen LogP contribution in [0.1, 0.15) is 19.5 Å². The quantitative estimate of drug-likeness (QED) is 0.783. The Morgan fingerprint density at radius 2 is 2.11 bits per heavy atom. The van der Waals surface area contributed by atoms with Crippen molar-refractivity contribution < 1.29 is 27.4 Å². The Kier molecular flexibility index (Phi) is 4.52. The normalized spacial score (nSPS) is 12.9. The second kappa shape index (κ2) is 5.70. The summed E-state index contributed by atoms with van der Waals surface area (Å²) in [6.45, 7) is 3.29. The van der Waals surface area contributed by atoms with Crippen LogP contribution in [0.4, 0.5) is 13.2 Å². The van der Waals surface area contributed by atoms with Crippen molar-refractivity contribution in [2.24, 2.45) is 0 Å². The zero-order chi connectivity index (χ0) is 13.8. The summed E-state index contributed by atoms with van der Waals surface area (Å²) in [5.41, 5.74) is -1.02. The summed E-state index contributed by atoms with van der Waals surface area (Å²) in [7, 11) is 0. The van der Waals surface area contributed by atoms with E-state index in [-0.39, 0.29) is 12.4 Å². The summed E-state index contributed by atoms with van der Waals surface area (Å²) >= 11 is 0. The number of esters is 1. The molecule has 1 unspecified atom stereocenters. The summed E-state index contributed by atoms with van der Waals surface area (Å²) in [5, 5.41) is 0. The van der Waals surface area contributed by atoms with Crippen molar-refractivity contribution in [2.75, 3.05) is 6.61 Å². The minimum atomic E-state index is -4.49. The number of rotatable bonds is 4. The number of ether oxygens (including phenoxy) is 2. The van der Waals surface area contributed by atoms with Gasteiger partial charge in [-0.2, -0.15) is 13.2 Å². The molecular formula is C11H12F3NO3. The number of carbonyl (C=O) groups is 1. The van der Waals surface area contributed by atoms with Gasteiger partial charge in [0.2, 0.25) is 0 Å². The van der Waals surface area contributed by atoms with Gasteiger partial charge in [0.1, 0.15) is 11.4 Å². The molecule has 0 radical (unpaired) electrons. The van der Waals surface area contributed by atoms with E-state index in [1.807, 2.05) is 0 Å². The number of halogens is 3. The average molecular weight is 263 g/mol. The highest BCUT2D eigenvalue weighted by atomic mass is 19.4. The molecule has 18 heavy (non-hydrogen) atoms. The van der Waals surface area contributed by atoms with E-state index in [9.17, 15) is 18.0 Å². The summed E-state index contributed by atoms with van der Waals surface area (Å²) in [4.78, 5) is 14.4. The fourth-order valence-electron chi connectivity index (χ4n) is 1.13. The maximum atomic E-state index is 12.2. The number of pyridine rings is 1. The molecule has 1 heterocycles. The number of carbonyl (C=O) groups excluding carboxylic acids is 1. The highest BCUT2D eigenvalue weighted by Crippen LogP contribution is 2.28. The molecule has 0 aliphatic heterocycles. The third-order valence-corrected chi connectivity index (χ3v) is 1.96. The molecule has 1 atom stereocenters. The zero-order valence-electron chi connectivity index (χ0n) is 9.82. The van der Waals surface area contributed by atoms with Crippen LogP contribution in [-0.4, -0.2) is 23.7 Å². The predicted molar refractivity (Wildman–Crippen MR) is 56.0 cm³/mol. The predicted octanol–water partition coefficient (Wildman–Crippen LogP) is 2.43. The van der Waals surface area contributed by atoms with Crippen molar-refractivity contribution in [3.8, 4) is 5.75 Å². The molecule has 0 spiro atoms. The molecule has 0 saturated carbocycles. The summed E-state index contributed by atoms with van der Waals surface area (Å²) < 4.78 is 46.5. The molecule has 0 fully saturated rings. The molecule has 0 aliphatic carbocycles. The van der Waals surface area contributed by atoms with Gasteiger partial charge in [-0.05, 0) is 26.0 Å². The minimum absolute atomic E-state index is 0.0727. The van der Waals surface area contributed by atoms with Crippen LogP contribution in [0.3, 0.4) is 0 Å². The number of alkyl halides is 3. The summed E-state index contributed by atoms with van der Waals surface area (Å²) in [6.07, 6.45) is -4.48. The first kappa shape index (κ1) is 14.3. The number of hydrogen-bond acceptors (Lipinski definition) is 4. The second-order valence-electron chi connectivity index (χ2n) is 3.39. The molecule has 0 saturated heterocycles. The summed E-state index contributed by atoms with van der Waals surface area (Å²) in [6, 6.07) is 1.89. The molecule has 0 N–H and O–H groups in total. The van der Waals surface area contributed by atoms with E-state index >= 15 is 0 Å². The van der Waals surface area contributed by atoms with Crippen LogP contribution >= 0.6 is 0 Å². The number of nitrogens with zero attached hydrogens (tertiary/aromatic N) is 1. The van der Waals surface area contributed by atoms with Crippen molar-refractivity contribution in [2.45, 2.75) is 26.1 Å². The van der Waals surface area contributed by atoms with Gasteiger partial charge in [0.05, 0.1) is 12.8 Å². The van der Waals surface area contributed by atoms with Gasteiger partial charge in [-0.15, -0.1) is 0 Å². The zero-order valence-corrected chi connectivity index (χ0v) is 9.82. The van der Waals surface area contributed by atoms with Gasteiger partial charge < -0.3 is 9.47 Å². The van der Waals surface area contributed by atoms with E-state index in [0.717, 1.165) is 18.3 Å². The molecule has 4 nitrogen and oxygen atoms in total. The van der Waals surface area contributed by atoms with Gasteiger partial charge >= 0.3 is 12.1 Å². The molecule has 7 heteroatoms. The minimum Gasteiger partial charge on any atom is -0.477 e. The van der Waals surface area contributed by atoms with Crippen LogP contribution in [-0.2, 0) is 15.7 Å². The van der Waals surface area contributed by atoms with Crippen molar-refractivity contribution in [1.29, 1.82) is 0 Å². The van der Waals surface area contributed by atoms with Crippen LogP contribution in [0.5, 0.6) is 5.75 Å². The Morgan fingerprint density at radius 1 is 1.44 bits per heavy atom. The second-order valence-corrected chi connectivity index (χ2v) is 3.39. The smallest absolute Gasteiger partial charge is 0.433 e. The van der Waals surface area contributed by atoms with Crippen LogP contribution < -0.4 is 4.74 Å². The third-order valence-electron chi connectivity index (χ3n) is 1.96. The maximum Gasteiger partial charge on any atom is 0.433 e. The third kappa shape index (κ3) is 3.90. The standard InChI is InChI=1S/C11H12F3NO3/c1-3-17-10(16)7(2)18-8-4-5-9(15-6-8)11(12,13)14/h4-7H,3H2,1-2H3. The monoisotopic (exact) mass is 263 g/mol. The van der Waals surface area contributed by atoms with Gasteiger partial charge in [0.25, 0.3) is 0 Å². The molecular weight excluding hydrogens is 251 g/mol. The van der Waals surface area contributed by atoms with Crippen molar-refractivity contribution in [3.05, 3.63) is 24.0 Å². The fraction of sp³-hybridized carbons (Fsp3) is 0.455. The Hall–Kier alpha value is -1.79. The van der Waals surface area contributed by atoms with Crippen molar-refractivity contribution >= 4 is 5.97 Å². The Morgan fingerprint density at radius 3 is 2.56 bits per heavy atom.